The Hall–Kier alpha value is -1.91. The molecule has 2 N–H and O–H groups in total. The molecule has 0 fully saturated rings. The van der Waals surface area contributed by atoms with Crippen LogP contribution in [0.2, 0.25) is 10.0 Å². The lowest BCUT2D eigenvalue weighted by atomic mass is 10.1. The highest BCUT2D eigenvalue weighted by Crippen LogP contribution is 2.30. The molecular weight excluding hydrogens is 313 g/mol. The van der Waals surface area contributed by atoms with Gasteiger partial charge in [-0.2, -0.15) is 0 Å². The second kappa shape index (κ2) is 6.70. The molecule has 0 aliphatic heterocycles. The summed E-state index contributed by atoms with van der Waals surface area (Å²) in [7, 11) is 1.52. The summed E-state index contributed by atoms with van der Waals surface area (Å²) in [6.45, 7) is 0. The maximum atomic E-state index is 11.5. The van der Waals surface area contributed by atoms with Gasteiger partial charge in [-0.25, -0.2) is 4.79 Å². The summed E-state index contributed by atoms with van der Waals surface area (Å²) < 4.78 is 5.20. The molecule has 0 amide bonds. The van der Waals surface area contributed by atoms with Crippen LogP contribution in [-0.4, -0.2) is 18.2 Å². The van der Waals surface area contributed by atoms with E-state index in [2.05, 4.69) is 5.32 Å². The summed E-state index contributed by atoms with van der Waals surface area (Å²) in [5.41, 5.74) is 1.08. The summed E-state index contributed by atoms with van der Waals surface area (Å²) in [5.74, 6) is -0.469. The van der Waals surface area contributed by atoms with Gasteiger partial charge in [0.1, 0.15) is 5.75 Å². The molecule has 4 nitrogen and oxygen atoms in total. The van der Waals surface area contributed by atoms with Crippen LogP contribution in [0.25, 0.3) is 0 Å². The van der Waals surface area contributed by atoms with Gasteiger partial charge < -0.3 is 15.2 Å². The van der Waals surface area contributed by atoms with Crippen molar-refractivity contribution in [2.45, 2.75) is 6.04 Å². The lowest BCUT2D eigenvalue weighted by molar-refractivity contribution is -0.138. The summed E-state index contributed by atoms with van der Waals surface area (Å²) in [5, 5.41) is 13.1. The zero-order valence-electron chi connectivity index (χ0n) is 11.1. The van der Waals surface area contributed by atoms with E-state index in [1.165, 1.54) is 13.2 Å². The minimum Gasteiger partial charge on any atom is -0.495 e. The minimum atomic E-state index is -1.03. The molecule has 6 heteroatoms. The molecule has 2 aromatic carbocycles. The molecule has 0 radical (unpaired) electrons. The highest BCUT2D eigenvalue weighted by atomic mass is 35.5. The topological polar surface area (TPSA) is 58.6 Å². The third-order valence-electron chi connectivity index (χ3n) is 2.93. The molecule has 2 rings (SSSR count). The van der Waals surface area contributed by atoms with Gasteiger partial charge in [0.15, 0.2) is 6.04 Å². The Morgan fingerprint density at radius 3 is 2.52 bits per heavy atom. The van der Waals surface area contributed by atoms with Gasteiger partial charge in [0.2, 0.25) is 0 Å². The van der Waals surface area contributed by atoms with Crippen molar-refractivity contribution < 1.29 is 14.6 Å². The summed E-state index contributed by atoms with van der Waals surface area (Å²) in [4.78, 5) is 11.5. The fourth-order valence-corrected chi connectivity index (χ4v) is 2.21. The van der Waals surface area contributed by atoms with Gasteiger partial charge in [-0.1, -0.05) is 41.4 Å². The number of hydrogen-bond donors (Lipinski definition) is 2. The van der Waals surface area contributed by atoms with Gasteiger partial charge in [-0.3, -0.25) is 0 Å². The van der Waals surface area contributed by atoms with E-state index in [1.807, 2.05) is 0 Å². The lowest BCUT2D eigenvalue weighted by Gasteiger charge is -2.18. The molecule has 0 heterocycles. The number of rotatable bonds is 5. The molecule has 2 aromatic rings. The normalized spacial score (nSPS) is 11.8. The molecule has 0 aliphatic rings. The number of carboxylic acids is 1. The molecule has 1 atom stereocenters. The van der Waals surface area contributed by atoms with Crippen molar-refractivity contribution in [3.05, 3.63) is 58.1 Å². The number of aliphatic carboxylic acids is 1. The Balaban J connectivity index is 2.35. The van der Waals surface area contributed by atoms with Crippen LogP contribution in [0.3, 0.4) is 0 Å². The van der Waals surface area contributed by atoms with E-state index in [9.17, 15) is 9.90 Å². The third-order valence-corrected chi connectivity index (χ3v) is 3.67. The van der Waals surface area contributed by atoms with Crippen molar-refractivity contribution in [2.24, 2.45) is 0 Å². The minimum absolute atomic E-state index is 0.308. The Labute approximate surface area is 132 Å². The number of anilines is 1. The Morgan fingerprint density at radius 2 is 1.90 bits per heavy atom. The molecule has 1 unspecified atom stereocenters. The number of benzene rings is 2. The van der Waals surface area contributed by atoms with Crippen LogP contribution in [0.5, 0.6) is 5.75 Å². The highest BCUT2D eigenvalue weighted by Gasteiger charge is 2.21. The maximum absolute atomic E-state index is 11.5. The standard InChI is InChI=1S/C15H13Cl2NO3/c1-21-13-5-3-2-4-12(13)18-14(15(19)20)9-6-7-10(16)11(17)8-9/h2-8,14,18H,1H3,(H,19,20). The second-order valence-corrected chi connectivity index (χ2v) is 5.10. The fourth-order valence-electron chi connectivity index (χ4n) is 1.90. The predicted octanol–water partition coefficient (Wildman–Crippen LogP) is 4.24. The van der Waals surface area contributed by atoms with Crippen molar-refractivity contribution in [3.8, 4) is 5.75 Å². The quantitative estimate of drug-likeness (QED) is 0.863. The SMILES string of the molecule is COc1ccccc1NC(C(=O)O)c1ccc(Cl)c(Cl)c1. The average Bonchev–Trinajstić information content (AvgIpc) is 2.48. The largest absolute Gasteiger partial charge is 0.495 e. The van der Waals surface area contributed by atoms with Gasteiger partial charge >= 0.3 is 5.97 Å². The number of carbonyl (C=O) groups is 1. The first-order valence-corrected chi connectivity index (χ1v) is 6.86. The predicted molar refractivity (Wildman–Crippen MR) is 83.5 cm³/mol. The van der Waals surface area contributed by atoms with Crippen LogP contribution in [-0.2, 0) is 4.79 Å². The molecule has 0 saturated heterocycles. The number of nitrogens with one attached hydrogen (secondary N) is 1. The molecule has 21 heavy (non-hydrogen) atoms. The van der Waals surface area contributed by atoms with Crippen LogP contribution in [0.1, 0.15) is 11.6 Å². The Bertz CT molecular complexity index is 661. The van der Waals surface area contributed by atoms with Crippen molar-refractivity contribution in [3.63, 3.8) is 0 Å². The van der Waals surface area contributed by atoms with Crippen LogP contribution >= 0.6 is 23.2 Å². The van der Waals surface area contributed by atoms with Crippen molar-refractivity contribution in [1.29, 1.82) is 0 Å². The molecule has 0 bridgehead atoms. The fraction of sp³-hybridized carbons (Fsp3) is 0.133. The molecule has 0 aromatic heterocycles. The number of hydrogen-bond acceptors (Lipinski definition) is 3. The number of para-hydroxylation sites is 2. The molecule has 0 aliphatic carbocycles. The zero-order valence-corrected chi connectivity index (χ0v) is 12.7. The molecule has 0 saturated carbocycles. The van der Waals surface area contributed by atoms with E-state index in [-0.39, 0.29) is 0 Å². The number of carboxylic acid groups (broad SMARTS) is 1. The summed E-state index contributed by atoms with van der Waals surface area (Å²) in [6, 6.07) is 10.8. The molecular formula is C15H13Cl2NO3. The third kappa shape index (κ3) is 3.60. The van der Waals surface area contributed by atoms with E-state index in [0.29, 0.717) is 27.0 Å². The second-order valence-electron chi connectivity index (χ2n) is 4.29. The van der Waals surface area contributed by atoms with E-state index in [1.54, 1.807) is 36.4 Å². The van der Waals surface area contributed by atoms with Crippen LogP contribution in [0.4, 0.5) is 5.69 Å². The van der Waals surface area contributed by atoms with Crippen LogP contribution < -0.4 is 10.1 Å². The van der Waals surface area contributed by atoms with E-state index >= 15 is 0 Å². The van der Waals surface area contributed by atoms with Gasteiger partial charge in [0.05, 0.1) is 22.8 Å². The Kier molecular flexibility index (Phi) is 4.94. The highest BCUT2D eigenvalue weighted by molar-refractivity contribution is 6.42. The Morgan fingerprint density at radius 1 is 1.19 bits per heavy atom. The van der Waals surface area contributed by atoms with Crippen LogP contribution in [0.15, 0.2) is 42.5 Å². The van der Waals surface area contributed by atoms with Crippen molar-refractivity contribution in [1.82, 2.24) is 0 Å². The number of methoxy groups -OCH3 is 1. The first kappa shape index (κ1) is 15.5. The number of ether oxygens (including phenoxy) is 1. The smallest absolute Gasteiger partial charge is 0.330 e. The van der Waals surface area contributed by atoms with Gasteiger partial charge in [-0.15, -0.1) is 0 Å². The molecule has 110 valence electrons. The maximum Gasteiger partial charge on any atom is 0.330 e. The van der Waals surface area contributed by atoms with E-state index in [4.69, 9.17) is 27.9 Å². The summed E-state index contributed by atoms with van der Waals surface area (Å²) >= 11 is 11.8. The van der Waals surface area contributed by atoms with Crippen LogP contribution in [0, 0.1) is 0 Å². The first-order chi connectivity index (χ1) is 10.0. The zero-order chi connectivity index (χ0) is 15.4. The monoisotopic (exact) mass is 325 g/mol. The van der Waals surface area contributed by atoms with E-state index in [0.717, 1.165) is 0 Å². The van der Waals surface area contributed by atoms with E-state index < -0.39 is 12.0 Å². The first-order valence-electron chi connectivity index (χ1n) is 6.10. The average molecular weight is 326 g/mol. The lowest BCUT2D eigenvalue weighted by Crippen LogP contribution is -2.20. The van der Waals surface area contributed by atoms with Crippen molar-refractivity contribution in [2.75, 3.05) is 12.4 Å². The van der Waals surface area contributed by atoms with Gasteiger partial charge in [0, 0.05) is 0 Å². The summed E-state index contributed by atoms with van der Waals surface area (Å²) in [6.07, 6.45) is 0. The van der Waals surface area contributed by atoms with Crippen molar-refractivity contribution >= 4 is 34.9 Å². The van der Waals surface area contributed by atoms with Gasteiger partial charge in [0.25, 0.3) is 0 Å². The number of halogens is 2. The van der Waals surface area contributed by atoms with Gasteiger partial charge in [-0.05, 0) is 29.8 Å². The molecule has 0 spiro atoms.